The zero-order valence-electron chi connectivity index (χ0n) is 16.9. The molecule has 0 atom stereocenters. The number of aryl methyl sites for hydroxylation is 1. The quantitative estimate of drug-likeness (QED) is 0.543. The third-order valence-corrected chi connectivity index (χ3v) is 4.48. The second-order valence-electron chi connectivity index (χ2n) is 7.80. The number of nitrogens with zero attached hydrogens (tertiary/aromatic N) is 1. The van der Waals surface area contributed by atoms with Crippen molar-refractivity contribution in [3.05, 3.63) is 64.2 Å². The molecule has 0 aromatic heterocycles. The Morgan fingerprint density at radius 3 is 2.29 bits per heavy atom. The topological polar surface area (TPSA) is 70.6 Å². The zero-order valence-corrected chi connectivity index (χ0v) is 17.6. The Bertz CT molecular complexity index is 897. The molecule has 0 heterocycles. The van der Waals surface area contributed by atoms with E-state index in [2.05, 4.69) is 36.6 Å². The van der Waals surface area contributed by atoms with Crippen LogP contribution in [0.1, 0.15) is 55.6 Å². The Morgan fingerprint density at radius 1 is 1.07 bits per heavy atom. The van der Waals surface area contributed by atoms with Crippen LogP contribution >= 0.6 is 11.6 Å². The number of anilines is 1. The minimum Gasteiger partial charge on any atom is -0.326 e. The van der Waals surface area contributed by atoms with Gasteiger partial charge in [-0.3, -0.25) is 9.59 Å². The Balaban J connectivity index is 1.92. The van der Waals surface area contributed by atoms with E-state index >= 15 is 0 Å². The third-order valence-electron chi connectivity index (χ3n) is 4.24. The molecule has 0 unspecified atom stereocenters. The van der Waals surface area contributed by atoms with E-state index in [1.54, 1.807) is 37.3 Å². The molecule has 6 heteroatoms. The van der Waals surface area contributed by atoms with Crippen LogP contribution in [0.5, 0.6) is 0 Å². The van der Waals surface area contributed by atoms with Crippen molar-refractivity contribution in [1.29, 1.82) is 0 Å². The van der Waals surface area contributed by atoms with Gasteiger partial charge in [0.15, 0.2) is 0 Å². The molecular formula is C22H26ClN3O2. The minimum atomic E-state index is -0.311. The zero-order chi connectivity index (χ0) is 20.9. The molecule has 2 aromatic rings. The third kappa shape index (κ3) is 6.20. The van der Waals surface area contributed by atoms with Gasteiger partial charge in [0.25, 0.3) is 5.91 Å². The standard InChI is InChI=1S/C22H26ClN3O2/c1-14-12-18(23)10-11-19(14)24-20(27)13-15(2)25-26-21(28)16-6-8-17(9-7-16)22(3,4)5/h6-12H,13H2,1-5H3,(H,24,27)(H,26,28)/b25-15+. The first-order valence-electron chi connectivity index (χ1n) is 9.06. The first-order valence-corrected chi connectivity index (χ1v) is 9.44. The lowest BCUT2D eigenvalue weighted by atomic mass is 9.87. The summed E-state index contributed by atoms with van der Waals surface area (Å²) in [4.78, 5) is 24.4. The fourth-order valence-electron chi connectivity index (χ4n) is 2.57. The summed E-state index contributed by atoms with van der Waals surface area (Å²) in [5.41, 5.74) is 6.27. The number of hydrogen-bond donors (Lipinski definition) is 2. The highest BCUT2D eigenvalue weighted by atomic mass is 35.5. The van der Waals surface area contributed by atoms with Crippen molar-refractivity contribution in [2.24, 2.45) is 5.10 Å². The number of amides is 2. The molecule has 0 fully saturated rings. The Labute approximate surface area is 171 Å². The summed E-state index contributed by atoms with van der Waals surface area (Å²) in [5, 5.41) is 7.46. The second kappa shape index (κ2) is 9.02. The first-order chi connectivity index (χ1) is 13.1. The molecule has 5 nitrogen and oxygen atoms in total. The van der Waals surface area contributed by atoms with Crippen molar-refractivity contribution in [2.45, 2.75) is 46.5 Å². The SMILES string of the molecule is C/C(CC(=O)Nc1ccc(Cl)cc1C)=N\NC(=O)c1ccc(C(C)(C)C)cc1. The van der Waals surface area contributed by atoms with E-state index in [1.807, 2.05) is 19.1 Å². The molecule has 2 aromatic carbocycles. The van der Waals surface area contributed by atoms with Crippen molar-refractivity contribution in [3.8, 4) is 0 Å². The van der Waals surface area contributed by atoms with Gasteiger partial charge < -0.3 is 5.32 Å². The molecule has 0 aliphatic rings. The van der Waals surface area contributed by atoms with Crippen LogP contribution in [0.2, 0.25) is 5.02 Å². The number of rotatable bonds is 5. The number of carbonyl (C=O) groups excluding carboxylic acids is 2. The molecule has 0 aliphatic carbocycles. The molecule has 0 spiro atoms. The lowest BCUT2D eigenvalue weighted by Gasteiger charge is -2.18. The van der Waals surface area contributed by atoms with E-state index in [1.165, 1.54) is 0 Å². The fraction of sp³-hybridized carbons (Fsp3) is 0.318. The van der Waals surface area contributed by atoms with E-state index < -0.39 is 0 Å². The molecule has 148 valence electrons. The summed E-state index contributed by atoms with van der Waals surface area (Å²) in [5.74, 6) is -0.524. The predicted octanol–water partition coefficient (Wildman–Crippen LogP) is 5.08. The molecule has 0 bridgehead atoms. The number of hydrazone groups is 1. The van der Waals surface area contributed by atoms with Crippen LogP contribution in [0, 0.1) is 6.92 Å². The van der Waals surface area contributed by atoms with Crippen molar-refractivity contribution < 1.29 is 9.59 Å². The highest BCUT2D eigenvalue weighted by Crippen LogP contribution is 2.22. The van der Waals surface area contributed by atoms with Gasteiger partial charge >= 0.3 is 0 Å². The van der Waals surface area contributed by atoms with E-state index in [-0.39, 0.29) is 23.7 Å². The summed E-state index contributed by atoms with van der Waals surface area (Å²) in [6, 6.07) is 12.7. The van der Waals surface area contributed by atoms with Crippen molar-refractivity contribution >= 4 is 34.8 Å². The van der Waals surface area contributed by atoms with E-state index in [0.29, 0.717) is 22.0 Å². The van der Waals surface area contributed by atoms with Crippen molar-refractivity contribution in [2.75, 3.05) is 5.32 Å². The van der Waals surface area contributed by atoms with Gasteiger partial charge in [-0.05, 0) is 60.7 Å². The van der Waals surface area contributed by atoms with Gasteiger partial charge in [-0.1, -0.05) is 44.5 Å². The molecule has 0 saturated heterocycles. The summed E-state index contributed by atoms with van der Waals surface area (Å²) in [6.45, 7) is 9.91. The van der Waals surface area contributed by atoms with Gasteiger partial charge in [0.2, 0.25) is 5.91 Å². The fourth-order valence-corrected chi connectivity index (χ4v) is 2.79. The van der Waals surface area contributed by atoms with Crippen LogP contribution in [-0.2, 0) is 10.2 Å². The number of hydrogen-bond acceptors (Lipinski definition) is 3. The largest absolute Gasteiger partial charge is 0.326 e. The summed E-state index contributed by atoms with van der Waals surface area (Å²) in [6.07, 6.45) is 0.0747. The lowest BCUT2D eigenvalue weighted by Crippen LogP contribution is -2.22. The van der Waals surface area contributed by atoms with E-state index in [4.69, 9.17) is 11.6 Å². The molecule has 28 heavy (non-hydrogen) atoms. The van der Waals surface area contributed by atoms with Gasteiger partial charge in [-0.2, -0.15) is 5.10 Å². The van der Waals surface area contributed by atoms with Crippen LogP contribution < -0.4 is 10.7 Å². The molecule has 2 amide bonds. The number of benzene rings is 2. The predicted molar refractivity (Wildman–Crippen MR) is 115 cm³/mol. The molecular weight excluding hydrogens is 374 g/mol. The van der Waals surface area contributed by atoms with Gasteiger partial charge in [-0.25, -0.2) is 5.43 Å². The van der Waals surface area contributed by atoms with Gasteiger partial charge in [0, 0.05) is 22.0 Å². The molecule has 0 radical (unpaired) electrons. The number of nitrogens with one attached hydrogen (secondary N) is 2. The maximum atomic E-state index is 12.2. The normalized spacial score (nSPS) is 11.9. The van der Waals surface area contributed by atoms with Crippen LogP contribution in [-0.4, -0.2) is 17.5 Å². The maximum absolute atomic E-state index is 12.2. The summed E-state index contributed by atoms with van der Waals surface area (Å²) < 4.78 is 0. The smallest absolute Gasteiger partial charge is 0.271 e. The molecule has 2 N–H and O–H groups in total. The van der Waals surface area contributed by atoms with Crippen molar-refractivity contribution in [1.82, 2.24) is 5.43 Å². The summed E-state index contributed by atoms with van der Waals surface area (Å²) in [7, 11) is 0. The number of halogens is 1. The Kier molecular flexibility index (Phi) is 6.97. The first kappa shape index (κ1) is 21.6. The van der Waals surface area contributed by atoms with Gasteiger partial charge in [-0.15, -0.1) is 0 Å². The van der Waals surface area contributed by atoms with E-state index in [9.17, 15) is 9.59 Å². The Morgan fingerprint density at radius 2 is 1.71 bits per heavy atom. The van der Waals surface area contributed by atoms with Gasteiger partial charge in [0.1, 0.15) is 0 Å². The monoisotopic (exact) mass is 399 g/mol. The maximum Gasteiger partial charge on any atom is 0.271 e. The van der Waals surface area contributed by atoms with E-state index in [0.717, 1.165) is 11.1 Å². The van der Waals surface area contributed by atoms with Crippen LogP contribution in [0.4, 0.5) is 5.69 Å². The van der Waals surface area contributed by atoms with Crippen molar-refractivity contribution in [3.63, 3.8) is 0 Å². The second-order valence-corrected chi connectivity index (χ2v) is 8.24. The average molecular weight is 400 g/mol. The number of carbonyl (C=O) groups is 2. The Hall–Kier alpha value is -2.66. The molecule has 0 aliphatic heterocycles. The van der Waals surface area contributed by atoms with Crippen LogP contribution in [0.15, 0.2) is 47.6 Å². The van der Waals surface area contributed by atoms with Crippen LogP contribution in [0.25, 0.3) is 0 Å². The minimum absolute atomic E-state index is 0.0273. The highest BCUT2D eigenvalue weighted by Gasteiger charge is 2.14. The van der Waals surface area contributed by atoms with Crippen LogP contribution in [0.3, 0.4) is 0 Å². The molecule has 0 saturated carbocycles. The highest BCUT2D eigenvalue weighted by molar-refractivity contribution is 6.30. The lowest BCUT2D eigenvalue weighted by molar-refractivity contribution is -0.115. The van der Waals surface area contributed by atoms with Gasteiger partial charge in [0.05, 0.1) is 6.42 Å². The summed E-state index contributed by atoms with van der Waals surface area (Å²) >= 11 is 5.92. The molecule has 2 rings (SSSR count). The average Bonchev–Trinajstić information content (AvgIpc) is 2.61.